The summed E-state index contributed by atoms with van der Waals surface area (Å²) in [5, 5.41) is 3.77. The molecule has 1 N–H and O–H groups in total. The summed E-state index contributed by atoms with van der Waals surface area (Å²) in [4.78, 5) is 3.44. The number of nitrogens with one attached hydrogen (secondary N) is 1. The second-order valence-electron chi connectivity index (χ2n) is 16.7. The maximum Gasteiger partial charge on any atom is 0.197 e. The summed E-state index contributed by atoms with van der Waals surface area (Å²) in [6, 6.07) is 57.2. The molecule has 1 aliphatic heterocycles. The molecule has 0 amide bonds. The first kappa shape index (κ1) is 37.1. The van der Waals surface area contributed by atoms with Crippen LogP contribution in [0, 0.1) is 20.8 Å². The molecule has 2 aliphatic rings. The Morgan fingerprint density at radius 2 is 1.25 bits per heavy atom. The van der Waals surface area contributed by atoms with Gasteiger partial charge in [0.1, 0.15) is 7.85 Å². The van der Waals surface area contributed by atoms with Gasteiger partial charge in [-0.3, -0.25) is 0 Å². The third kappa shape index (κ3) is 6.31. The predicted molar refractivity (Wildman–Crippen MR) is 257 cm³/mol. The highest BCUT2D eigenvalue weighted by Crippen LogP contribution is 2.52. The number of aryl methyl sites for hydroxylation is 3. The van der Waals surface area contributed by atoms with Crippen molar-refractivity contribution >= 4 is 72.6 Å². The molecule has 1 aliphatic carbocycles. The van der Waals surface area contributed by atoms with Crippen LogP contribution in [0.25, 0.3) is 44.5 Å². The van der Waals surface area contributed by atoms with Crippen LogP contribution in [0.3, 0.4) is 0 Å². The van der Waals surface area contributed by atoms with Gasteiger partial charge in [0, 0.05) is 44.2 Å². The van der Waals surface area contributed by atoms with Crippen LogP contribution < -0.4 is 26.6 Å². The van der Waals surface area contributed by atoms with Gasteiger partial charge in [0.2, 0.25) is 0 Å². The normalized spacial score (nSPS) is 13.2. The fourth-order valence-corrected chi connectivity index (χ4v) is 9.86. The lowest BCUT2D eigenvalue weighted by Gasteiger charge is -2.38. The van der Waals surface area contributed by atoms with Crippen LogP contribution >= 0.6 is 12.6 Å². The Bertz CT molecular complexity index is 2950. The highest BCUT2D eigenvalue weighted by Gasteiger charge is 2.39. The van der Waals surface area contributed by atoms with Crippen molar-refractivity contribution in [3.05, 3.63) is 186 Å². The van der Waals surface area contributed by atoms with E-state index in [4.69, 9.17) is 7.85 Å². The summed E-state index contributed by atoms with van der Waals surface area (Å²) < 4.78 is 0. The molecule has 281 valence electrons. The van der Waals surface area contributed by atoms with Crippen LogP contribution in [-0.2, 0) is 5.41 Å². The lowest BCUT2D eigenvalue weighted by molar-refractivity contribution is 0.660. The molecule has 10 rings (SSSR count). The minimum atomic E-state index is -0.171. The van der Waals surface area contributed by atoms with Gasteiger partial charge >= 0.3 is 0 Å². The molecule has 0 saturated heterocycles. The van der Waals surface area contributed by atoms with Crippen LogP contribution in [0.2, 0.25) is 0 Å². The summed E-state index contributed by atoms with van der Waals surface area (Å²) in [7, 11) is 9.07. The van der Waals surface area contributed by atoms with Gasteiger partial charge in [0.05, 0.1) is 5.69 Å². The number of hydrogen-bond donors (Lipinski definition) is 2. The smallest absolute Gasteiger partial charge is 0.197 e. The summed E-state index contributed by atoms with van der Waals surface area (Å²) >= 11 is 4.56. The fourth-order valence-electron chi connectivity index (χ4n) is 9.71. The number of fused-ring (bicyclic) bond motifs is 5. The largest absolute Gasteiger partial charge is 0.355 e. The molecule has 0 saturated carbocycles. The van der Waals surface area contributed by atoms with E-state index in [1.54, 1.807) is 0 Å². The molecular formula is C54H43B2N2S. The van der Waals surface area contributed by atoms with Gasteiger partial charge in [-0.05, 0) is 136 Å². The number of benzene rings is 8. The number of thiol groups is 1. The number of anilines is 5. The van der Waals surface area contributed by atoms with Crippen molar-refractivity contribution in [2.75, 3.05) is 10.2 Å². The van der Waals surface area contributed by atoms with Crippen molar-refractivity contribution < 1.29 is 0 Å². The second-order valence-corrected chi connectivity index (χ2v) is 17.2. The summed E-state index contributed by atoms with van der Waals surface area (Å²) in [5.74, 6) is 0. The molecule has 0 atom stereocenters. The van der Waals surface area contributed by atoms with Gasteiger partial charge in [-0.2, -0.15) is 0 Å². The summed E-state index contributed by atoms with van der Waals surface area (Å²) in [5.41, 5.74) is 24.2. The third-order valence-electron chi connectivity index (χ3n) is 12.3. The van der Waals surface area contributed by atoms with Crippen molar-refractivity contribution in [2.45, 2.75) is 44.9 Å². The summed E-state index contributed by atoms with van der Waals surface area (Å²) in [6.45, 7) is 11.4. The van der Waals surface area contributed by atoms with Gasteiger partial charge < -0.3 is 10.2 Å². The van der Waals surface area contributed by atoms with Gasteiger partial charge in [0.25, 0.3) is 0 Å². The van der Waals surface area contributed by atoms with E-state index in [0.717, 1.165) is 66.5 Å². The van der Waals surface area contributed by atoms with Crippen LogP contribution in [0.4, 0.5) is 28.4 Å². The molecule has 3 radical (unpaired) electrons. The number of rotatable bonds is 6. The molecule has 1 heterocycles. The molecule has 5 heteroatoms. The molecule has 8 aromatic carbocycles. The van der Waals surface area contributed by atoms with E-state index >= 15 is 0 Å². The highest BCUT2D eigenvalue weighted by molar-refractivity contribution is 7.80. The van der Waals surface area contributed by atoms with E-state index in [9.17, 15) is 0 Å². The average Bonchev–Trinajstić information content (AvgIpc) is 3.45. The standard InChI is InChI=1S/C54H43B2N2S/c1-32-25-33(2)52(34(3)26-32)36-27-44(41-16-10-12-18-48(41)57-38-20-22-39(59)23-21-38)53-51(28-36)58(49-24-19-37(55)29-42(49)35-13-7-6-8-14-35)50-31-46-43(30-47(50)56-53)40-15-9-11-17-45(40)54(46,4)5/h6-31,57,59H,1-5H3. The Morgan fingerprint density at radius 3 is 2.02 bits per heavy atom. The van der Waals surface area contributed by atoms with Crippen molar-refractivity contribution in [3.8, 4) is 44.5 Å². The third-order valence-corrected chi connectivity index (χ3v) is 12.6. The number of para-hydroxylation sites is 1. The first-order valence-electron chi connectivity index (χ1n) is 20.3. The zero-order valence-electron chi connectivity index (χ0n) is 34.1. The molecule has 8 aromatic rings. The van der Waals surface area contributed by atoms with Crippen molar-refractivity contribution in [3.63, 3.8) is 0 Å². The second kappa shape index (κ2) is 14.3. The molecule has 0 unspecified atom stereocenters. The van der Waals surface area contributed by atoms with E-state index < -0.39 is 0 Å². The quantitative estimate of drug-likeness (QED) is 0.129. The van der Waals surface area contributed by atoms with E-state index in [1.807, 2.05) is 18.2 Å². The molecule has 0 bridgehead atoms. The lowest BCUT2D eigenvalue weighted by atomic mass is 9.57. The molecule has 0 spiro atoms. The average molecular weight is 774 g/mol. The van der Waals surface area contributed by atoms with Crippen LogP contribution in [0.5, 0.6) is 0 Å². The van der Waals surface area contributed by atoms with E-state index in [2.05, 4.69) is 204 Å². The number of nitrogens with zero attached hydrogens (tertiary/aromatic N) is 1. The maximum absolute atomic E-state index is 6.64. The fraction of sp³-hybridized carbons (Fsp3) is 0.111. The Balaban J connectivity index is 1.30. The van der Waals surface area contributed by atoms with Gasteiger partial charge in [-0.25, -0.2) is 0 Å². The minimum absolute atomic E-state index is 0.171. The van der Waals surface area contributed by atoms with Crippen LogP contribution in [0.1, 0.15) is 41.7 Å². The Hall–Kier alpha value is -6.16. The van der Waals surface area contributed by atoms with Crippen molar-refractivity contribution in [1.82, 2.24) is 0 Å². The van der Waals surface area contributed by atoms with Gasteiger partial charge in [-0.1, -0.05) is 133 Å². The lowest BCUT2D eigenvalue weighted by Crippen LogP contribution is -2.41. The predicted octanol–water partition coefficient (Wildman–Crippen LogP) is 12.2. The zero-order chi connectivity index (χ0) is 40.6. The molecular weight excluding hydrogens is 730 g/mol. The molecule has 2 nitrogen and oxygen atoms in total. The van der Waals surface area contributed by atoms with Crippen molar-refractivity contribution in [2.24, 2.45) is 0 Å². The first-order chi connectivity index (χ1) is 28.5. The SMILES string of the molecule is [B]c1ccc(N2c3cc4c(cc3[B]c3c(-c5ccccc5Nc5ccc(S)cc5)cc(-c5c(C)cc(C)cc5C)cc32)-c2ccccc2C4(C)C)c(-c2ccccc2)c1. The molecule has 59 heavy (non-hydrogen) atoms. The zero-order valence-corrected chi connectivity index (χ0v) is 35.0. The van der Waals surface area contributed by atoms with E-state index in [-0.39, 0.29) is 5.41 Å². The Kier molecular flexibility index (Phi) is 8.99. The monoisotopic (exact) mass is 773 g/mol. The van der Waals surface area contributed by atoms with Gasteiger partial charge in [0.15, 0.2) is 7.28 Å². The maximum atomic E-state index is 6.64. The van der Waals surface area contributed by atoms with Crippen molar-refractivity contribution in [1.29, 1.82) is 0 Å². The Morgan fingerprint density at radius 1 is 0.559 bits per heavy atom. The Labute approximate surface area is 356 Å². The van der Waals surface area contributed by atoms with Crippen LogP contribution in [0.15, 0.2) is 163 Å². The minimum Gasteiger partial charge on any atom is -0.355 e. The summed E-state index contributed by atoms with van der Waals surface area (Å²) in [6.07, 6.45) is 0. The first-order valence-corrected chi connectivity index (χ1v) is 20.8. The van der Waals surface area contributed by atoms with Gasteiger partial charge in [-0.15, -0.1) is 12.6 Å². The van der Waals surface area contributed by atoms with Crippen LogP contribution in [-0.4, -0.2) is 15.1 Å². The molecule has 0 fully saturated rings. The molecule has 0 aromatic heterocycles. The van der Waals surface area contributed by atoms with E-state index in [1.165, 1.54) is 55.5 Å². The topological polar surface area (TPSA) is 15.3 Å². The van der Waals surface area contributed by atoms with E-state index in [0.29, 0.717) is 0 Å². The number of hydrogen-bond acceptors (Lipinski definition) is 3. The highest BCUT2D eigenvalue weighted by atomic mass is 32.1.